The maximum absolute atomic E-state index is 13.5. The van der Waals surface area contributed by atoms with E-state index in [1.807, 2.05) is 6.07 Å². The lowest BCUT2D eigenvalue weighted by Gasteiger charge is -2.03. The summed E-state index contributed by atoms with van der Waals surface area (Å²) in [6, 6.07) is 12.8. The lowest BCUT2D eigenvalue weighted by molar-refractivity contribution is 0.0692. The third kappa shape index (κ3) is 3.12. The lowest BCUT2D eigenvalue weighted by Crippen LogP contribution is -1.99. The van der Waals surface area contributed by atoms with Crippen molar-refractivity contribution in [2.75, 3.05) is 0 Å². The highest BCUT2D eigenvalue weighted by Gasteiger charge is 2.10. The lowest BCUT2D eigenvalue weighted by atomic mass is 10.2. The van der Waals surface area contributed by atoms with Crippen molar-refractivity contribution < 1.29 is 14.3 Å². The van der Waals surface area contributed by atoms with E-state index in [1.165, 1.54) is 23.9 Å². The van der Waals surface area contributed by atoms with Crippen LogP contribution in [0, 0.1) is 17.1 Å². The van der Waals surface area contributed by atoms with Crippen molar-refractivity contribution in [1.82, 2.24) is 0 Å². The first-order chi connectivity index (χ1) is 9.10. The Bertz CT molecular complexity index is 662. The number of carbonyl (C=O) groups is 1. The van der Waals surface area contributed by atoms with Crippen molar-refractivity contribution in [3.05, 3.63) is 59.4 Å². The van der Waals surface area contributed by atoms with Gasteiger partial charge in [-0.25, -0.2) is 9.18 Å². The number of hydrogen-bond donors (Lipinski definition) is 1. The van der Waals surface area contributed by atoms with Crippen LogP contribution >= 0.6 is 11.8 Å². The van der Waals surface area contributed by atoms with E-state index in [-0.39, 0.29) is 5.56 Å². The number of nitrogens with zero attached hydrogens (tertiary/aromatic N) is 1. The second-order valence-corrected chi connectivity index (χ2v) is 4.83. The molecular formula is C14H8FNO2S. The minimum Gasteiger partial charge on any atom is -0.478 e. The Kier molecular flexibility index (Phi) is 3.83. The fourth-order valence-corrected chi connectivity index (χ4v) is 2.31. The van der Waals surface area contributed by atoms with Crippen LogP contribution in [0.3, 0.4) is 0 Å². The maximum atomic E-state index is 13.5. The normalized spacial score (nSPS) is 9.89. The molecule has 2 aromatic rings. The average molecular weight is 273 g/mol. The molecule has 0 radical (unpaired) electrons. The Morgan fingerprint density at radius 3 is 2.32 bits per heavy atom. The van der Waals surface area contributed by atoms with E-state index in [4.69, 9.17) is 10.4 Å². The highest BCUT2D eigenvalue weighted by Crippen LogP contribution is 2.29. The van der Waals surface area contributed by atoms with Crippen LogP contribution in [-0.4, -0.2) is 11.1 Å². The van der Waals surface area contributed by atoms with Gasteiger partial charge in [-0.1, -0.05) is 11.8 Å². The summed E-state index contributed by atoms with van der Waals surface area (Å²) in [5, 5.41) is 17.4. The molecule has 0 aliphatic heterocycles. The Balaban J connectivity index is 2.21. The van der Waals surface area contributed by atoms with Crippen LogP contribution in [0.4, 0.5) is 4.39 Å². The van der Waals surface area contributed by atoms with Gasteiger partial charge in [-0.15, -0.1) is 0 Å². The topological polar surface area (TPSA) is 61.1 Å². The highest BCUT2D eigenvalue weighted by atomic mass is 32.2. The van der Waals surface area contributed by atoms with Crippen LogP contribution in [0.15, 0.2) is 52.3 Å². The first kappa shape index (κ1) is 13.1. The molecule has 0 atom stereocenters. The maximum Gasteiger partial charge on any atom is 0.338 e. The molecular weight excluding hydrogens is 265 g/mol. The van der Waals surface area contributed by atoms with Crippen molar-refractivity contribution in [1.29, 1.82) is 5.26 Å². The SMILES string of the molecule is N#Cc1ccc(Sc2ccc(C(=O)O)c(F)c2)cc1. The number of hydrogen-bond acceptors (Lipinski definition) is 3. The van der Waals surface area contributed by atoms with Gasteiger partial charge in [0.1, 0.15) is 5.82 Å². The molecule has 0 bridgehead atoms. The summed E-state index contributed by atoms with van der Waals surface area (Å²) in [5.41, 5.74) is 0.209. The third-order valence-corrected chi connectivity index (χ3v) is 3.39. The number of rotatable bonds is 3. The van der Waals surface area contributed by atoms with E-state index < -0.39 is 11.8 Å². The van der Waals surface area contributed by atoms with Crippen molar-refractivity contribution in [2.24, 2.45) is 0 Å². The zero-order valence-electron chi connectivity index (χ0n) is 9.63. The summed E-state index contributed by atoms with van der Waals surface area (Å²) < 4.78 is 13.5. The molecule has 0 aromatic heterocycles. The van der Waals surface area contributed by atoms with Gasteiger partial charge >= 0.3 is 5.97 Å². The molecule has 0 saturated carbocycles. The molecule has 0 spiro atoms. The van der Waals surface area contributed by atoms with Crippen LogP contribution < -0.4 is 0 Å². The van der Waals surface area contributed by atoms with E-state index in [1.54, 1.807) is 30.3 Å². The van der Waals surface area contributed by atoms with Crippen LogP contribution in [0.2, 0.25) is 0 Å². The Labute approximate surface area is 113 Å². The number of aromatic carboxylic acids is 1. The quantitative estimate of drug-likeness (QED) is 0.929. The van der Waals surface area contributed by atoms with Crippen LogP contribution in [0.5, 0.6) is 0 Å². The summed E-state index contributed by atoms with van der Waals surface area (Å²) >= 11 is 1.30. The minimum absolute atomic E-state index is 0.343. The fourth-order valence-electron chi connectivity index (χ4n) is 1.47. The van der Waals surface area contributed by atoms with Gasteiger partial charge < -0.3 is 5.11 Å². The number of carboxylic acids is 1. The molecule has 5 heteroatoms. The van der Waals surface area contributed by atoms with E-state index in [9.17, 15) is 9.18 Å². The second-order valence-electron chi connectivity index (χ2n) is 3.69. The van der Waals surface area contributed by atoms with Gasteiger partial charge in [-0.3, -0.25) is 0 Å². The zero-order chi connectivity index (χ0) is 13.8. The summed E-state index contributed by atoms with van der Waals surface area (Å²) in [4.78, 5) is 12.1. The first-order valence-electron chi connectivity index (χ1n) is 5.31. The number of carboxylic acid groups (broad SMARTS) is 1. The van der Waals surface area contributed by atoms with E-state index in [0.29, 0.717) is 10.5 Å². The van der Waals surface area contributed by atoms with E-state index in [0.717, 1.165) is 4.90 Å². The molecule has 2 aromatic carbocycles. The van der Waals surface area contributed by atoms with Gasteiger partial charge in [0, 0.05) is 9.79 Å². The molecule has 94 valence electrons. The first-order valence-corrected chi connectivity index (χ1v) is 6.12. The smallest absolute Gasteiger partial charge is 0.338 e. The van der Waals surface area contributed by atoms with Crippen molar-refractivity contribution in [2.45, 2.75) is 9.79 Å². The average Bonchev–Trinajstić information content (AvgIpc) is 2.39. The predicted octanol–water partition coefficient (Wildman–Crippen LogP) is 3.55. The minimum atomic E-state index is -1.28. The molecule has 0 heterocycles. The van der Waals surface area contributed by atoms with Gasteiger partial charge in [0.25, 0.3) is 0 Å². The second kappa shape index (κ2) is 5.55. The van der Waals surface area contributed by atoms with E-state index >= 15 is 0 Å². The fraction of sp³-hybridized carbons (Fsp3) is 0. The van der Waals surface area contributed by atoms with Gasteiger partial charge in [-0.05, 0) is 42.5 Å². The standard InChI is InChI=1S/C14H8FNO2S/c15-13-7-11(5-6-12(13)14(17)18)19-10-3-1-9(8-16)2-4-10/h1-7H,(H,17,18). The zero-order valence-corrected chi connectivity index (χ0v) is 10.4. The van der Waals surface area contributed by atoms with Gasteiger partial charge in [0.15, 0.2) is 0 Å². The van der Waals surface area contributed by atoms with E-state index in [2.05, 4.69) is 0 Å². The molecule has 3 nitrogen and oxygen atoms in total. The number of nitriles is 1. The Morgan fingerprint density at radius 1 is 1.16 bits per heavy atom. The van der Waals surface area contributed by atoms with Gasteiger partial charge in [0.05, 0.1) is 17.2 Å². The van der Waals surface area contributed by atoms with Gasteiger partial charge in [0.2, 0.25) is 0 Å². The van der Waals surface area contributed by atoms with Crippen molar-refractivity contribution >= 4 is 17.7 Å². The predicted molar refractivity (Wildman–Crippen MR) is 68.6 cm³/mol. The summed E-state index contributed by atoms with van der Waals surface area (Å²) in [7, 11) is 0. The molecule has 2 rings (SSSR count). The van der Waals surface area contributed by atoms with Crippen LogP contribution in [0.25, 0.3) is 0 Å². The molecule has 0 aliphatic carbocycles. The highest BCUT2D eigenvalue weighted by molar-refractivity contribution is 7.99. The van der Waals surface area contributed by atoms with Crippen LogP contribution in [-0.2, 0) is 0 Å². The summed E-state index contributed by atoms with van der Waals surface area (Å²) in [5.74, 6) is -2.04. The Morgan fingerprint density at radius 2 is 1.79 bits per heavy atom. The van der Waals surface area contributed by atoms with Crippen LogP contribution in [0.1, 0.15) is 15.9 Å². The molecule has 19 heavy (non-hydrogen) atoms. The number of benzene rings is 2. The third-order valence-electron chi connectivity index (χ3n) is 2.39. The number of halogens is 1. The van der Waals surface area contributed by atoms with Crippen molar-refractivity contribution in [3.63, 3.8) is 0 Å². The van der Waals surface area contributed by atoms with Crippen molar-refractivity contribution in [3.8, 4) is 6.07 Å². The summed E-state index contributed by atoms with van der Waals surface area (Å²) in [6.07, 6.45) is 0. The molecule has 0 amide bonds. The molecule has 0 aliphatic rings. The molecule has 0 saturated heterocycles. The molecule has 0 unspecified atom stereocenters. The summed E-state index contributed by atoms with van der Waals surface area (Å²) in [6.45, 7) is 0. The Hall–Kier alpha value is -2.32. The van der Waals surface area contributed by atoms with Gasteiger partial charge in [-0.2, -0.15) is 5.26 Å². The molecule has 1 N–H and O–H groups in total. The monoisotopic (exact) mass is 273 g/mol. The molecule has 0 fully saturated rings. The largest absolute Gasteiger partial charge is 0.478 e.